The van der Waals surface area contributed by atoms with Gasteiger partial charge < -0.3 is 9.84 Å². The van der Waals surface area contributed by atoms with Gasteiger partial charge in [0.2, 0.25) is 0 Å². The van der Waals surface area contributed by atoms with Crippen LogP contribution in [-0.2, 0) is 14.3 Å². The Hall–Kier alpha value is -1.58. The Morgan fingerprint density at radius 2 is 1.11 bits per heavy atom. The van der Waals surface area contributed by atoms with E-state index in [2.05, 4.69) is 32.1 Å². The molecule has 4 heteroatoms. The molecule has 0 bridgehead atoms. The van der Waals surface area contributed by atoms with Crippen molar-refractivity contribution in [3.8, 4) is 0 Å². The Labute approximate surface area is 236 Å². The molecule has 0 fully saturated rings. The Morgan fingerprint density at radius 3 is 1.66 bits per heavy atom. The molecule has 0 aromatic heterocycles. The third-order valence-electron chi connectivity index (χ3n) is 7.16. The predicted molar refractivity (Wildman–Crippen MR) is 163 cm³/mol. The number of hydrogen-bond donors (Lipinski definition) is 1. The zero-order chi connectivity index (χ0) is 27.9. The van der Waals surface area contributed by atoms with Gasteiger partial charge in [-0.3, -0.25) is 9.59 Å². The summed E-state index contributed by atoms with van der Waals surface area (Å²) in [5.41, 5.74) is 0. The van der Waals surface area contributed by atoms with E-state index in [1.165, 1.54) is 89.9 Å². The average molecular weight is 535 g/mol. The number of hydrogen-bond acceptors (Lipinski definition) is 3. The molecule has 222 valence electrons. The summed E-state index contributed by atoms with van der Waals surface area (Å²) in [4.78, 5) is 23.1. The molecule has 0 aliphatic rings. The van der Waals surface area contributed by atoms with Crippen LogP contribution >= 0.6 is 0 Å². The van der Waals surface area contributed by atoms with Crippen LogP contribution in [0.4, 0.5) is 0 Å². The van der Waals surface area contributed by atoms with Crippen LogP contribution in [0.1, 0.15) is 174 Å². The minimum absolute atomic E-state index is 0.0806. The molecule has 0 saturated carbocycles. The molecule has 0 aliphatic carbocycles. The smallest absolute Gasteiger partial charge is 0.306 e. The summed E-state index contributed by atoms with van der Waals surface area (Å²) in [6.45, 7) is 4.47. The maximum Gasteiger partial charge on any atom is 0.306 e. The van der Waals surface area contributed by atoms with Gasteiger partial charge >= 0.3 is 11.9 Å². The van der Waals surface area contributed by atoms with E-state index in [1.54, 1.807) is 0 Å². The summed E-state index contributed by atoms with van der Waals surface area (Å²) in [6.07, 6.45) is 36.3. The molecule has 0 spiro atoms. The van der Waals surface area contributed by atoms with Gasteiger partial charge in [0.25, 0.3) is 0 Å². The average Bonchev–Trinajstić information content (AvgIpc) is 2.89. The van der Waals surface area contributed by atoms with Crippen LogP contribution in [0.3, 0.4) is 0 Å². The minimum atomic E-state index is -0.727. The van der Waals surface area contributed by atoms with Gasteiger partial charge in [-0.15, -0.1) is 0 Å². The van der Waals surface area contributed by atoms with Crippen molar-refractivity contribution in [2.24, 2.45) is 0 Å². The van der Waals surface area contributed by atoms with E-state index in [0.717, 1.165) is 57.8 Å². The fourth-order valence-corrected chi connectivity index (χ4v) is 4.71. The van der Waals surface area contributed by atoms with Crippen LogP contribution in [0, 0.1) is 0 Å². The van der Waals surface area contributed by atoms with Gasteiger partial charge in [-0.25, -0.2) is 0 Å². The molecule has 4 nitrogen and oxygen atoms in total. The number of carboxylic acids is 1. The van der Waals surface area contributed by atoms with Crippen molar-refractivity contribution in [3.63, 3.8) is 0 Å². The monoisotopic (exact) mass is 534 g/mol. The van der Waals surface area contributed by atoms with Crippen LogP contribution in [-0.4, -0.2) is 23.1 Å². The first kappa shape index (κ1) is 36.4. The number of aliphatic carboxylic acids is 1. The van der Waals surface area contributed by atoms with Crippen molar-refractivity contribution in [3.05, 3.63) is 24.3 Å². The highest BCUT2D eigenvalue weighted by Gasteiger charge is 2.11. The normalized spacial score (nSPS) is 12.5. The highest BCUT2D eigenvalue weighted by atomic mass is 16.5. The van der Waals surface area contributed by atoms with Crippen molar-refractivity contribution in [1.29, 1.82) is 0 Å². The fraction of sp³-hybridized carbons (Fsp3) is 0.824. The van der Waals surface area contributed by atoms with Gasteiger partial charge in [0.1, 0.15) is 6.10 Å². The van der Waals surface area contributed by atoms with Crippen LogP contribution in [0.5, 0.6) is 0 Å². The Balaban J connectivity index is 4.00. The molecule has 1 atom stereocenters. The van der Waals surface area contributed by atoms with Crippen molar-refractivity contribution in [2.45, 2.75) is 180 Å². The number of carbonyl (C=O) groups excluding carboxylic acids is 1. The maximum atomic E-state index is 12.5. The summed E-state index contributed by atoms with van der Waals surface area (Å²) < 4.78 is 5.81. The lowest BCUT2D eigenvalue weighted by atomic mass is 10.0. The molecular formula is C34H62O4. The second kappa shape index (κ2) is 30.0. The Morgan fingerprint density at radius 1 is 0.605 bits per heavy atom. The lowest BCUT2D eigenvalue weighted by Gasteiger charge is -2.14. The highest BCUT2D eigenvalue weighted by molar-refractivity contribution is 5.69. The molecule has 0 amide bonds. The molecule has 0 heterocycles. The predicted octanol–water partition coefficient (Wildman–Crippen LogP) is 10.9. The third kappa shape index (κ3) is 29.0. The Bertz CT molecular complexity index is 581. The molecule has 1 unspecified atom stereocenters. The first-order valence-electron chi connectivity index (χ1n) is 16.3. The number of ether oxygens (including phenoxy) is 1. The van der Waals surface area contributed by atoms with E-state index in [1.807, 2.05) is 6.08 Å². The number of allylic oxidation sites excluding steroid dienone is 3. The summed E-state index contributed by atoms with van der Waals surface area (Å²) >= 11 is 0. The van der Waals surface area contributed by atoms with Gasteiger partial charge in [-0.1, -0.05) is 141 Å². The highest BCUT2D eigenvalue weighted by Crippen LogP contribution is 2.15. The van der Waals surface area contributed by atoms with Crippen LogP contribution < -0.4 is 0 Å². The topological polar surface area (TPSA) is 63.6 Å². The first-order chi connectivity index (χ1) is 18.6. The maximum absolute atomic E-state index is 12.5. The molecular weight excluding hydrogens is 472 g/mol. The largest absolute Gasteiger partial charge is 0.481 e. The molecule has 0 aromatic carbocycles. The molecule has 0 rings (SSSR count). The van der Waals surface area contributed by atoms with Crippen molar-refractivity contribution in [2.75, 3.05) is 0 Å². The molecule has 1 N–H and O–H groups in total. The number of rotatable bonds is 29. The first-order valence-corrected chi connectivity index (χ1v) is 16.3. The molecule has 0 saturated heterocycles. The van der Waals surface area contributed by atoms with E-state index in [4.69, 9.17) is 9.84 Å². The number of carboxylic acid groups (broad SMARTS) is 1. The van der Waals surface area contributed by atoms with Gasteiger partial charge in [0.15, 0.2) is 0 Å². The summed E-state index contributed by atoms with van der Waals surface area (Å²) in [5, 5.41) is 8.77. The van der Waals surface area contributed by atoms with E-state index in [-0.39, 0.29) is 18.5 Å². The zero-order valence-electron chi connectivity index (χ0n) is 25.2. The summed E-state index contributed by atoms with van der Waals surface area (Å²) in [7, 11) is 0. The van der Waals surface area contributed by atoms with Crippen molar-refractivity contribution >= 4 is 11.9 Å². The lowest BCUT2D eigenvalue weighted by Crippen LogP contribution is -2.16. The third-order valence-corrected chi connectivity index (χ3v) is 7.16. The second-order valence-electron chi connectivity index (χ2n) is 11.0. The lowest BCUT2D eigenvalue weighted by molar-refractivity contribution is -0.147. The molecule has 0 radical (unpaired) electrons. The number of carbonyl (C=O) groups is 2. The van der Waals surface area contributed by atoms with Crippen LogP contribution in [0.15, 0.2) is 24.3 Å². The van der Waals surface area contributed by atoms with E-state index < -0.39 is 5.97 Å². The van der Waals surface area contributed by atoms with Crippen molar-refractivity contribution < 1.29 is 19.4 Å². The molecule has 38 heavy (non-hydrogen) atoms. The SMILES string of the molecule is CCCC/C=C\C/C=C\C(CCCCCCC(=O)O)OC(=O)CCCCCCCCCCCCCCCC. The minimum Gasteiger partial charge on any atom is -0.481 e. The van der Waals surface area contributed by atoms with Gasteiger partial charge in [0, 0.05) is 12.8 Å². The van der Waals surface area contributed by atoms with Crippen LogP contribution in [0.25, 0.3) is 0 Å². The standard InChI is InChI=1S/C34H62O4/c1-3-5-7-9-11-12-13-14-15-16-17-19-21-27-31-34(37)38-32(28-24-20-18-10-8-6-4-2)29-25-22-23-26-30-33(35)36/h10,18,24,28,32H,3-9,11-17,19-23,25-27,29-31H2,1-2H3,(H,35,36)/b18-10-,28-24-. The summed E-state index contributed by atoms with van der Waals surface area (Å²) in [6, 6.07) is 0. The van der Waals surface area contributed by atoms with E-state index in [9.17, 15) is 9.59 Å². The zero-order valence-corrected chi connectivity index (χ0v) is 25.2. The number of esters is 1. The number of unbranched alkanes of at least 4 members (excludes halogenated alkanes) is 18. The Kier molecular flexibility index (Phi) is 28.7. The van der Waals surface area contributed by atoms with Crippen molar-refractivity contribution in [1.82, 2.24) is 0 Å². The van der Waals surface area contributed by atoms with Gasteiger partial charge in [-0.05, 0) is 44.6 Å². The second-order valence-corrected chi connectivity index (χ2v) is 11.0. The molecule has 0 aliphatic heterocycles. The van der Waals surface area contributed by atoms with E-state index >= 15 is 0 Å². The van der Waals surface area contributed by atoms with Gasteiger partial charge in [0.05, 0.1) is 0 Å². The van der Waals surface area contributed by atoms with Crippen LogP contribution in [0.2, 0.25) is 0 Å². The van der Waals surface area contributed by atoms with Gasteiger partial charge in [-0.2, -0.15) is 0 Å². The quantitative estimate of drug-likeness (QED) is 0.0589. The summed E-state index contributed by atoms with van der Waals surface area (Å²) in [5.74, 6) is -0.807. The fourth-order valence-electron chi connectivity index (χ4n) is 4.71. The molecule has 0 aromatic rings. The van der Waals surface area contributed by atoms with E-state index in [0.29, 0.717) is 6.42 Å².